The molecule has 40 heavy (non-hydrogen) atoms. The predicted molar refractivity (Wildman–Crippen MR) is 139 cm³/mol. The van der Waals surface area contributed by atoms with Crippen LogP contribution >= 0.6 is 0 Å². The quantitative estimate of drug-likeness (QED) is 0.0955. The molecule has 16 heteroatoms. The largest absolute Gasteiger partial charge is 0.481 e. The van der Waals surface area contributed by atoms with Gasteiger partial charge in [0.05, 0.1) is 18.5 Å². The Morgan fingerprint density at radius 1 is 0.900 bits per heavy atom. The Bertz CT molecular complexity index is 1030. The molecular formula is C24H39N7O9. The SMILES string of the molecule is CC(C)C[C@H](N)C(=O)N[C@H](C(=O)N[C@@H](Cc1cnc[nH]1)C(=O)N[C@@H](C)C(=O)N[C@@H](CCC(=O)O)C(=O)O)[C@@H](C)O. The number of amides is 4. The number of aromatic nitrogens is 2. The van der Waals surface area contributed by atoms with Crippen molar-refractivity contribution in [2.75, 3.05) is 0 Å². The molecule has 0 aliphatic carbocycles. The summed E-state index contributed by atoms with van der Waals surface area (Å²) in [5.74, 6) is -5.88. The number of nitrogens with zero attached hydrogens (tertiary/aromatic N) is 1. The first-order valence-corrected chi connectivity index (χ1v) is 12.7. The molecule has 1 heterocycles. The number of aliphatic hydroxyl groups excluding tert-OH is 1. The molecule has 1 aromatic heterocycles. The average Bonchev–Trinajstić information content (AvgIpc) is 3.36. The standard InChI is InChI=1S/C24H39N7O9/c1-11(2)7-15(25)21(36)31-19(13(4)32)23(38)30-17(8-14-9-26-10-27-14)22(37)28-12(3)20(35)29-16(24(39)40)5-6-18(33)34/h9-13,15-17,19,32H,5-8,25H2,1-4H3,(H,26,27)(H,28,37)(H,29,35)(H,30,38)(H,31,36)(H,33,34)(H,39,40)/t12-,13+,15-,16-,17-,19-/m0/s1. The van der Waals surface area contributed by atoms with Gasteiger partial charge in [0.25, 0.3) is 0 Å². The lowest BCUT2D eigenvalue weighted by Crippen LogP contribution is -2.60. The molecule has 224 valence electrons. The minimum absolute atomic E-state index is 0.101. The van der Waals surface area contributed by atoms with Crippen LogP contribution in [0.15, 0.2) is 12.5 Å². The van der Waals surface area contributed by atoms with Crippen LogP contribution in [0.5, 0.6) is 0 Å². The van der Waals surface area contributed by atoms with Crippen molar-refractivity contribution in [3.8, 4) is 0 Å². The van der Waals surface area contributed by atoms with E-state index >= 15 is 0 Å². The summed E-state index contributed by atoms with van der Waals surface area (Å²) in [5, 5.41) is 37.6. The summed E-state index contributed by atoms with van der Waals surface area (Å²) < 4.78 is 0. The molecular weight excluding hydrogens is 530 g/mol. The first kappa shape index (κ1) is 34.0. The molecule has 0 spiro atoms. The molecule has 0 aliphatic rings. The highest BCUT2D eigenvalue weighted by atomic mass is 16.4. The highest BCUT2D eigenvalue weighted by molar-refractivity contribution is 5.95. The van der Waals surface area contributed by atoms with Gasteiger partial charge in [0.2, 0.25) is 23.6 Å². The molecule has 1 aromatic rings. The van der Waals surface area contributed by atoms with Gasteiger partial charge in [0.1, 0.15) is 24.2 Å². The van der Waals surface area contributed by atoms with Crippen LogP contribution < -0.4 is 27.0 Å². The number of aromatic amines is 1. The first-order valence-electron chi connectivity index (χ1n) is 12.7. The minimum atomic E-state index is -1.50. The number of nitrogens with two attached hydrogens (primary N) is 1. The molecule has 0 aliphatic heterocycles. The topological polar surface area (TPSA) is 266 Å². The maximum absolute atomic E-state index is 13.1. The van der Waals surface area contributed by atoms with Crippen molar-refractivity contribution in [1.82, 2.24) is 31.2 Å². The molecule has 0 saturated carbocycles. The zero-order valence-electron chi connectivity index (χ0n) is 22.8. The Morgan fingerprint density at radius 3 is 2.02 bits per heavy atom. The zero-order valence-corrected chi connectivity index (χ0v) is 22.8. The van der Waals surface area contributed by atoms with Gasteiger partial charge in [-0.2, -0.15) is 0 Å². The summed E-state index contributed by atoms with van der Waals surface area (Å²) in [6.07, 6.45) is 0.748. The van der Waals surface area contributed by atoms with Crippen LogP contribution in [0.2, 0.25) is 0 Å². The molecule has 1 rings (SSSR count). The first-order chi connectivity index (χ1) is 18.6. The predicted octanol–water partition coefficient (Wildman–Crippen LogP) is -2.39. The van der Waals surface area contributed by atoms with Crippen molar-refractivity contribution in [2.45, 2.75) is 89.7 Å². The lowest BCUT2D eigenvalue weighted by atomic mass is 10.0. The van der Waals surface area contributed by atoms with Gasteiger partial charge in [-0.25, -0.2) is 9.78 Å². The van der Waals surface area contributed by atoms with Gasteiger partial charge in [0, 0.05) is 24.7 Å². The van der Waals surface area contributed by atoms with Crippen molar-refractivity contribution in [1.29, 1.82) is 0 Å². The second kappa shape index (κ2) is 16.1. The maximum atomic E-state index is 13.1. The minimum Gasteiger partial charge on any atom is -0.481 e. The number of aliphatic hydroxyl groups is 1. The van der Waals surface area contributed by atoms with E-state index in [1.807, 2.05) is 13.8 Å². The van der Waals surface area contributed by atoms with Gasteiger partial charge < -0.3 is 47.3 Å². The van der Waals surface area contributed by atoms with Crippen LogP contribution in [0, 0.1) is 5.92 Å². The molecule has 0 aromatic carbocycles. The van der Waals surface area contributed by atoms with Crippen molar-refractivity contribution in [3.63, 3.8) is 0 Å². The van der Waals surface area contributed by atoms with E-state index in [9.17, 15) is 39.0 Å². The van der Waals surface area contributed by atoms with Gasteiger partial charge in [-0.05, 0) is 32.6 Å². The number of carboxylic acids is 2. The summed E-state index contributed by atoms with van der Waals surface area (Å²) in [6, 6.07) is -6.47. The molecule has 10 N–H and O–H groups in total. The lowest BCUT2D eigenvalue weighted by Gasteiger charge is -2.26. The van der Waals surface area contributed by atoms with Gasteiger partial charge >= 0.3 is 11.9 Å². The average molecular weight is 570 g/mol. The normalized spacial score (nSPS) is 15.6. The Labute approximate surface area is 230 Å². The van der Waals surface area contributed by atoms with E-state index in [0.29, 0.717) is 12.1 Å². The van der Waals surface area contributed by atoms with Gasteiger partial charge in [0.15, 0.2) is 0 Å². The fourth-order valence-corrected chi connectivity index (χ4v) is 3.57. The summed E-state index contributed by atoms with van der Waals surface area (Å²) in [6.45, 7) is 6.28. The molecule has 0 unspecified atom stereocenters. The number of hydrogen-bond acceptors (Lipinski definition) is 9. The fourth-order valence-electron chi connectivity index (χ4n) is 3.57. The Morgan fingerprint density at radius 2 is 1.52 bits per heavy atom. The van der Waals surface area contributed by atoms with Crippen LogP contribution in [0.4, 0.5) is 0 Å². The van der Waals surface area contributed by atoms with Crippen molar-refractivity contribution >= 4 is 35.6 Å². The van der Waals surface area contributed by atoms with Gasteiger partial charge in [-0.15, -0.1) is 0 Å². The van der Waals surface area contributed by atoms with Crippen molar-refractivity contribution in [3.05, 3.63) is 18.2 Å². The monoisotopic (exact) mass is 569 g/mol. The number of imidazole rings is 1. The van der Waals surface area contributed by atoms with E-state index in [2.05, 4.69) is 31.2 Å². The second-order valence-corrected chi connectivity index (χ2v) is 9.87. The van der Waals surface area contributed by atoms with Crippen LogP contribution in [0.1, 0.15) is 52.7 Å². The number of carbonyl (C=O) groups is 6. The molecule has 0 fully saturated rings. The summed E-state index contributed by atoms with van der Waals surface area (Å²) >= 11 is 0. The molecule has 0 radical (unpaired) electrons. The number of carbonyl (C=O) groups excluding carboxylic acids is 4. The fraction of sp³-hybridized carbons (Fsp3) is 0.625. The molecule has 6 atom stereocenters. The van der Waals surface area contributed by atoms with Crippen molar-refractivity contribution in [2.24, 2.45) is 11.7 Å². The van der Waals surface area contributed by atoms with Crippen LogP contribution in [-0.4, -0.2) is 97.2 Å². The lowest BCUT2D eigenvalue weighted by molar-refractivity contribution is -0.143. The number of aliphatic carboxylic acids is 2. The highest BCUT2D eigenvalue weighted by Gasteiger charge is 2.33. The van der Waals surface area contributed by atoms with E-state index in [4.69, 9.17) is 10.8 Å². The van der Waals surface area contributed by atoms with E-state index in [0.717, 1.165) is 0 Å². The number of rotatable bonds is 17. The summed E-state index contributed by atoms with van der Waals surface area (Å²) in [4.78, 5) is 79.9. The van der Waals surface area contributed by atoms with Crippen molar-refractivity contribution < 1.29 is 44.1 Å². The Balaban J connectivity index is 2.99. The van der Waals surface area contributed by atoms with Crippen LogP contribution in [0.3, 0.4) is 0 Å². The van der Waals surface area contributed by atoms with E-state index in [1.54, 1.807) is 0 Å². The Kier molecular flexibility index (Phi) is 13.7. The number of hydrogen-bond donors (Lipinski definition) is 9. The molecule has 16 nitrogen and oxygen atoms in total. The third-order valence-corrected chi connectivity index (χ3v) is 5.75. The van der Waals surface area contributed by atoms with E-state index in [-0.39, 0.29) is 18.8 Å². The zero-order chi connectivity index (χ0) is 30.6. The summed E-state index contributed by atoms with van der Waals surface area (Å²) in [7, 11) is 0. The van der Waals surface area contributed by atoms with Gasteiger partial charge in [-0.3, -0.25) is 24.0 Å². The summed E-state index contributed by atoms with van der Waals surface area (Å²) in [5.41, 5.74) is 6.31. The molecule has 4 amide bonds. The third kappa shape index (κ3) is 11.8. The molecule has 0 saturated heterocycles. The highest BCUT2D eigenvalue weighted by Crippen LogP contribution is 2.06. The smallest absolute Gasteiger partial charge is 0.326 e. The Hall–Kier alpha value is -4.05. The number of H-pyrrole nitrogens is 1. The number of nitrogens with one attached hydrogen (secondary N) is 5. The van der Waals surface area contributed by atoms with E-state index in [1.165, 1.54) is 26.4 Å². The maximum Gasteiger partial charge on any atom is 0.326 e. The van der Waals surface area contributed by atoms with Gasteiger partial charge in [-0.1, -0.05) is 13.8 Å². The molecule has 0 bridgehead atoms. The third-order valence-electron chi connectivity index (χ3n) is 5.75. The van der Waals surface area contributed by atoms with E-state index < -0.39 is 78.3 Å². The second-order valence-electron chi connectivity index (χ2n) is 9.87. The van der Waals surface area contributed by atoms with Crippen LogP contribution in [-0.2, 0) is 35.2 Å². The van der Waals surface area contributed by atoms with Crippen LogP contribution in [0.25, 0.3) is 0 Å². The number of carboxylic acid groups (broad SMARTS) is 2.